The highest BCUT2D eigenvalue weighted by Gasteiger charge is 2.23. The third-order valence-electron chi connectivity index (χ3n) is 4.62. The van der Waals surface area contributed by atoms with Crippen LogP contribution in [0.5, 0.6) is 0 Å². The Hall–Kier alpha value is -2.50. The number of fused-ring (bicyclic) bond motifs is 2. The zero-order valence-corrected chi connectivity index (χ0v) is 15.0. The molecule has 4 rings (SSSR count). The highest BCUT2D eigenvalue weighted by molar-refractivity contribution is 7.18. The van der Waals surface area contributed by atoms with Crippen molar-refractivity contribution in [3.63, 3.8) is 0 Å². The summed E-state index contributed by atoms with van der Waals surface area (Å²) in [7, 11) is 1.98. The second kappa shape index (κ2) is 6.43. The lowest BCUT2D eigenvalue weighted by Gasteiger charge is -2.22. The second-order valence-corrected chi connectivity index (χ2v) is 7.39. The van der Waals surface area contributed by atoms with Gasteiger partial charge in [0, 0.05) is 22.7 Å². The van der Waals surface area contributed by atoms with E-state index in [4.69, 9.17) is 0 Å². The zero-order chi connectivity index (χ0) is 17.4. The molecule has 25 heavy (non-hydrogen) atoms. The average molecular weight is 349 g/mol. The van der Waals surface area contributed by atoms with E-state index in [1.807, 2.05) is 62.6 Å². The molecule has 0 bridgehead atoms. The standard InChI is InChI=1S/C20H19N3OS/c1-13(20(24)15-11-21-16-8-4-3-7-14(15)16)23(2)12-19-22-17-9-5-6-10-18(17)25-19/h3-11,13,21H,12H2,1-2H3/t13-/m0/s1. The SMILES string of the molecule is C[C@@H](C(=O)c1c[nH]c2ccccc12)N(C)Cc1nc2ccccc2s1. The predicted octanol–water partition coefficient (Wildman–Crippen LogP) is 4.48. The number of para-hydroxylation sites is 2. The zero-order valence-electron chi connectivity index (χ0n) is 14.2. The number of rotatable bonds is 5. The molecule has 2 aromatic carbocycles. The van der Waals surface area contributed by atoms with Crippen molar-refractivity contribution >= 4 is 38.2 Å². The van der Waals surface area contributed by atoms with Crippen LogP contribution in [-0.4, -0.2) is 33.7 Å². The number of thiazole rings is 1. The lowest BCUT2D eigenvalue weighted by molar-refractivity contribution is 0.0864. The molecule has 2 heterocycles. The first kappa shape index (κ1) is 16.0. The molecule has 0 amide bonds. The normalized spacial score (nSPS) is 12.9. The van der Waals surface area contributed by atoms with Gasteiger partial charge in [-0.05, 0) is 32.2 Å². The largest absolute Gasteiger partial charge is 0.360 e. The van der Waals surface area contributed by atoms with Gasteiger partial charge in [-0.25, -0.2) is 4.98 Å². The summed E-state index contributed by atoms with van der Waals surface area (Å²) >= 11 is 1.68. The molecule has 0 unspecified atom stereocenters. The van der Waals surface area contributed by atoms with Gasteiger partial charge in [-0.1, -0.05) is 30.3 Å². The van der Waals surface area contributed by atoms with Gasteiger partial charge in [-0.15, -0.1) is 11.3 Å². The minimum atomic E-state index is -0.216. The van der Waals surface area contributed by atoms with E-state index in [0.29, 0.717) is 6.54 Å². The molecule has 0 saturated heterocycles. The van der Waals surface area contributed by atoms with E-state index >= 15 is 0 Å². The van der Waals surface area contributed by atoms with Crippen LogP contribution >= 0.6 is 11.3 Å². The summed E-state index contributed by atoms with van der Waals surface area (Å²) in [6, 6.07) is 15.8. The molecule has 0 aliphatic rings. The molecule has 0 aliphatic carbocycles. The Morgan fingerprint density at radius 2 is 1.96 bits per heavy atom. The molecule has 4 nitrogen and oxygen atoms in total. The number of benzene rings is 2. The Labute approximate surface area is 150 Å². The summed E-state index contributed by atoms with van der Waals surface area (Å²) in [6.45, 7) is 2.62. The maximum Gasteiger partial charge on any atom is 0.181 e. The van der Waals surface area contributed by atoms with E-state index in [9.17, 15) is 4.79 Å². The smallest absolute Gasteiger partial charge is 0.181 e. The van der Waals surface area contributed by atoms with Gasteiger partial charge in [0.05, 0.1) is 22.8 Å². The minimum Gasteiger partial charge on any atom is -0.360 e. The first-order valence-electron chi connectivity index (χ1n) is 8.28. The Kier molecular flexibility index (Phi) is 4.11. The van der Waals surface area contributed by atoms with Gasteiger partial charge in [-0.2, -0.15) is 0 Å². The number of nitrogens with zero attached hydrogens (tertiary/aromatic N) is 2. The Bertz CT molecular complexity index is 1020. The third kappa shape index (κ3) is 2.97. The van der Waals surface area contributed by atoms with Gasteiger partial charge in [-0.3, -0.25) is 9.69 Å². The number of carbonyl (C=O) groups is 1. The molecule has 0 spiro atoms. The summed E-state index contributed by atoms with van der Waals surface area (Å²) in [6.07, 6.45) is 1.81. The average Bonchev–Trinajstić information content (AvgIpc) is 3.23. The van der Waals surface area contributed by atoms with Gasteiger partial charge in [0.25, 0.3) is 0 Å². The van der Waals surface area contributed by atoms with Crippen LogP contribution in [0, 0.1) is 0 Å². The molecule has 0 aliphatic heterocycles. The monoisotopic (exact) mass is 349 g/mol. The van der Waals surface area contributed by atoms with Crippen LogP contribution in [0.4, 0.5) is 0 Å². The van der Waals surface area contributed by atoms with Crippen LogP contribution in [0.3, 0.4) is 0 Å². The number of aromatic nitrogens is 2. The number of hydrogen-bond acceptors (Lipinski definition) is 4. The Morgan fingerprint density at radius 1 is 1.20 bits per heavy atom. The number of nitrogens with one attached hydrogen (secondary N) is 1. The Balaban J connectivity index is 1.55. The van der Waals surface area contributed by atoms with Crippen molar-refractivity contribution < 1.29 is 4.79 Å². The van der Waals surface area contributed by atoms with Crippen LogP contribution in [0.25, 0.3) is 21.1 Å². The van der Waals surface area contributed by atoms with Crippen LogP contribution in [-0.2, 0) is 6.54 Å². The number of aromatic amines is 1. The van der Waals surface area contributed by atoms with Crippen molar-refractivity contribution in [2.75, 3.05) is 7.05 Å². The Morgan fingerprint density at radius 3 is 2.80 bits per heavy atom. The molecular weight excluding hydrogens is 330 g/mol. The summed E-state index contributed by atoms with van der Waals surface area (Å²) in [5.41, 5.74) is 2.76. The van der Waals surface area contributed by atoms with Crippen molar-refractivity contribution in [1.29, 1.82) is 0 Å². The third-order valence-corrected chi connectivity index (χ3v) is 5.64. The first-order chi connectivity index (χ1) is 12.1. The number of ketones is 1. The quantitative estimate of drug-likeness (QED) is 0.540. The van der Waals surface area contributed by atoms with E-state index in [-0.39, 0.29) is 11.8 Å². The first-order valence-corrected chi connectivity index (χ1v) is 9.10. The number of Topliss-reactive ketones (excluding diaryl/α,β-unsaturated/α-hetero) is 1. The molecule has 126 valence electrons. The van der Waals surface area contributed by atoms with E-state index in [1.54, 1.807) is 11.3 Å². The maximum absolute atomic E-state index is 12.9. The van der Waals surface area contributed by atoms with Crippen LogP contribution in [0.1, 0.15) is 22.3 Å². The fraction of sp³-hybridized carbons (Fsp3) is 0.200. The second-order valence-electron chi connectivity index (χ2n) is 6.28. The molecule has 0 fully saturated rings. The molecule has 4 aromatic rings. The van der Waals surface area contributed by atoms with Crippen molar-refractivity contribution in [3.8, 4) is 0 Å². The fourth-order valence-corrected chi connectivity index (χ4v) is 4.07. The van der Waals surface area contributed by atoms with E-state index in [2.05, 4.69) is 20.9 Å². The van der Waals surface area contributed by atoms with E-state index in [1.165, 1.54) is 4.70 Å². The van der Waals surface area contributed by atoms with Crippen LogP contribution < -0.4 is 0 Å². The molecule has 2 aromatic heterocycles. The minimum absolute atomic E-state index is 0.126. The number of H-pyrrole nitrogens is 1. The fourth-order valence-electron chi connectivity index (χ4n) is 3.04. The van der Waals surface area contributed by atoms with Crippen LogP contribution in [0.15, 0.2) is 54.7 Å². The van der Waals surface area contributed by atoms with Gasteiger partial charge in [0.15, 0.2) is 5.78 Å². The van der Waals surface area contributed by atoms with Crippen LogP contribution in [0.2, 0.25) is 0 Å². The highest BCUT2D eigenvalue weighted by Crippen LogP contribution is 2.24. The van der Waals surface area contributed by atoms with Gasteiger partial charge < -0.3 is 4.98 Å². The van der Waals surface area contributed by atoms with Gasteiger partial charge in [0.2, 0.25) is 0 Å². The number of carbonyl (C=O) groups excluding carboxylic acids is 1. The molecule has 5 heteroatoms. The molecule has 1 N–H and O–H groups in total. The topological polar surface area (TPSA) is 49.0 Å². The van der Waals surface area contributed by atoms with E-state index in [0.717, 1.165) is 27.0 Å². The highest BCUT2D eigenvalue weighted by atomic mass is 32.1. The van der Waals surface area contributed by atoms with Crippen molar-refractivity contribution in [3.05, 3.63) is 65.3 Å². The number of hydrogen-bond donors (Lipinski definition) is 1. The summed E-state index contributed by atoms with van der Waals surface area (Å²) < 4.78 is 1.18. The number of likely N-dealkylation sites (N-methyl/N-ethyl adjacent to an activating group) is 1. The molecule has 0 saturated carbocycles. The predicted molar refractivity (Wildman–Crippen MR) is 103 cm³/mol. The maximum atomic E-state index is 12.9. The molecular formula is C20H19N3OS. The van der Waals surface area contributed by atoms with Crippen molar-refractivity contribution in [2.24, 2.45) is 0 Å². The van der Waals surface area contributed by atoms with Crippen molar-refractivity contribution in [1.82, 2.24) is 14.9 Å². The summed E-state index contributed by atoms with van der Waals surface area (Å²) in [5, 5.41) is 2.01. The van der Waals surface area contributed by atoms with Gasteiger partial charge in [0.1, 0.15) is 5.01 Å². The lowest BCUT2D eigenvalue weighted by Crippen LogP contribution is -2.35. The van der Waals surface area contributed by atoms with E-state index < -0.39 is 0 Å². The van der Waals surface area contributed by atoms with Crippen molar-refractivity contribution in [2.45, 2.75) is 19.5 Å². The molecule has 0 radical (unpaired) electrons. The summed E-state index contributed by atoms with van der Waals surface area (Å²) in [5.74, 6) is 0.126. The molecule has 1 atom stereocenters. The van der Waals surface area contributed by atoms with Gasteiger partial charge >= 0.3 is 0 Å². The lowest BCUT2D eigenvalue weighted by atomic mass is 10.0. The summed E-state index contributed by atoms with van der Waals surface area (Å²) in [4.78, 5) is 22.8.